The smallest absolute Gasteiger partial charge is 0.335 e. The fraction of sp³-hybridized carbons (Fsp3) is 0.917. The van der Waals surface area contributed by atoms with Gasteiger partial charge in [0, 0.05) is 0 Å². The van der Waals surface area contributed by atoms with Gasteiger partial charge in [0.2, 0.25) is 0 Å². The Bertz CT molecular complexity index is 405. The van der Waals surface area contributed by atoms with Crippen LogP contribution in [0.25, 0.3) is 0 Å². The minimum absolute atomic E-state index is 0.489. The van der Waals surface area contributed by atoms with E-state index < -0.39 is 48.2 Å². The fourth-order valence-electron chi connectivity index (χ4n) is 2.81. The Morgan fingerprint density at radius 2 is 1.42 bits per heavy atom. The number of ether oxygens (including phenoxy) is 5. The summed E-state index contributed by atoms with van der Waals surface area (Å²) < 4.78 is 28.2. The van der Waals surface area contributed by atoms with Crippen molar-refractivity contribution < 1.29 is 33.6 Å². The van der Waals surface area contributed by atoms with Gasteiger partial charge in [-0.15, -0.1) is 0 Å². The third kappa shape index (κ3) is 2.15. The van der Waals surface area contributed by atoms with Gasteiger partial charge in [-0.05, 0) is 27.7 Å². The fourth-order valence-corrected chi connectivity index (χ4v) is 2.81. The lowest BCUT2D eigenvalue weighted by Gasteiger charge is -2.35. The standard InChI is InChI=1S/C12H18O7/c1-11(2)16-5-6(17-11)8-10(15-7(5)9(13)14)19-12(3,4)18-8/h5-8,10H,1-4H3,(H,13,14)/t5-,6-,7+,8-,10+/m1/s1. The van der Waals surface area contributed by atoms with E-state index in [1.54, 1.807) is 27.7 Å². The van der Waals surface area contributed by atoms with Crippen LogP contribution in [0.4, 0.5) is 0 Å². The lowest BCUT2D eigenvalue weighted by molar-refractivity contribution is -0.237. The van der Waals surface area contributed by atoms with Crippen molar-refractivity contribution in [1.29, 1.82) is 0 Å². The number of carbonyl (C=O) groups is 1. The average molecular weight is 274 g/mol. The first-order valence-electron chi connectivity index (χ1n) is 6.28. The molecule has 7 heteroatoms. The first-order valence-corrected chi connectivity index (χ1v) is 6.28. The van der Waals surface area contributed by atoms with E-state index >= 15 is 0 Å². The molecule has 0 aromatic rings. The van der Waals surface area contributed by atoms with E-state index in [0.717, 1.165) is 0 Å². The maximum atomic E-state index is 11.3. The lowest BCUT2D eigenvalue weighted by Crippen LogP contribution is -2.57. The van der Waals surface area contributed by atoms with Gasteiger partial charge in [-0.25, -0.2) is 4.79 Å². The van der Waals surface area contributed by atoms with Gasteiger partial charge in [0.05, 0.1) is 0 Å². The van der Waals surface area contributed by atoms with Crippen molar-refractivity contribution in [3.63, 3.8) is 0 Å². The van der Waals surface area contributed by atoms with E-state index in [0.29, 0.717) is 0 Å². The molecule has 3 saturated heterocycles. The Labute approximate surface area is 110 Å². The van der Waals surface area contributed by atoms with Crippen molar-refractivity contribution in [1.82, 2.24) is 0 Å². The van der Waals surface area contributed by atoms with Crippen LogP contribution in [0.5, 0.6) is 0 Å². The minimum atomic E-state index is -1.12. The van der Waals surface area contributed by atoms with Crippen LogP contribution < -0.4 is 0 Å². The number of carboxylic acids is 1. The normalized spacial score (nSPS) is 46.6. The summed E-state index contributed by atoms with van der Waals surface area (Å²) in [5, 5.41) is 9.25. The molecule has 0 aromatic heterocycles. The van der Waals surface area contributed by atoms with Crippen LogP contribution in [0, 0.1) is 0 Å². The Hall–Kier alpha value is -0.730. The second-order valence-electron chi connectivity index (χ2n) is 5.93. The molecule has 3 aliphatic heterocycles. The molecule has 0 unspecified atom stereocenters. The Kier molecular flexibility index (Phi) is 2.72. The number of carboxylic acid groups (broad SMARTS) is 1. The SMILES string of the molecule is CC1(C)O[C@@H]2[C@@H](O1)[C@@H](C(=O)O)O[C@H]1OC(C)(C)O[C@@H]12. The first kappa shape index (κ1) is 13.3. The number of hydrogen-bond acceptors (Lipinski definition) is 6. The third-order valence-electron chi connectivity index (χ3n) is 3.40. The zero-order chi connectivity index (χ0) is 14.0. The number of aliphatic carboxylic acids is 1. The van der Waals surface area contributed by atoms with Crippen LogP contribution in [0.1, 0.15) is 27.7 Å². The molecule has 19 heavy (non-hydrogen) atoms. The summed E-state index contributed by atoms with van der Waals surface area (Å²) in [5.74, 6) is -2.79. The number of rotatable bonds is 1. The molecule has 3 rings (SSSR count). The van der Waals surface area contributed by atoms with Crippen molar-refractivity contribution in [3.8, 4) is 0 Å². The molecule has 3 heterocycles. The van der Waals surface area contributed by atoms with Gasteiger partial charge in [0.25, 0.3) is 0 Å². The van der Waals surface area contributed by atoms with Gasteiger partial charge in [0.15, 0.2) is 24.0 Å². The highest BCUT2D eigenvalue weighted by Crippen LogP contribution is 2.43. The lowest BCUT2D eigenvalue weighted by atomic mass is 9.99. The Balaban J connectivity index is 1.91. The summed E-state index contributed by atoms with van der Waals surface area (Å²) in [5.41, 5.74) is 0. The zero-order valence-corrected chi connectivity index (χ0v) is 11.3. The zero-order valence-electron chi connectivity index (χ0n) is 11.3. The van der Waals surface area contributed by atoms with Gasteiger partial charge in [-0.1, -0.05) is 0 Å². The van der Waals surface area contributed by atoms with Crippen LogP contribution >= 0.6 is 0 Å². The third-order valence-corrected chi connectivity index (χ3v) is 3.40. The number of hydrogen-bond donors (Lipinski definition) is 1. The molecule has 0 radical (unpaired) electrons. The molecule has 0 bridgehead atoms. The highest BCUT2D eigenvalue weighted by Gasteiger charge is 2.62. The molecule has 0 spiro atoms. The van der Waals surface area contributed by atoms with Crippen molar-refractivity contribution in [2.45, 2.75) is 70.0 Å². The van der Waals surface area contributed by atoms with Crippen LogP contribution in [0.15, 0.2) is 0 Å². The van der Waals surface area contributed by atoms with Crippen LogP contribution in [0.2, 0.25) is 0 Å². The van der Waals surface area contributed by atoms with Crippen molar-refractivity contribution in [2.24, 2.45) is 0 Å². The van der Waals surface area contributed by atoms with Gasteiger partial charge in [-0.2, -0.15) is 0 Å². The van der Waals surface area contributed by atoms with E-state index in [1.165, 1.54) is 0 Å². The molecular formula is C12H18O7. The summed E-state index contributed by atoms with van der Waals surface area (Å²) in [4.78, 5) is 11.3. The van der Waals surface area contributed by atoms with Gasteiger partial charge < -0.3 is 28.8 Å². The molecule has 3 fully saturated rings. The quantitative estimate of drug-likeness (QED) is 0.744. The number of fused-ring (bicyclic) bond motifs is 3. The summed E-state index contributed by atoms with van der Waals surface area (Å²) in [6.45, 7) is 6.97. The second kappa shape index (κ2) is 3.89. The summed E-state index contributed by atoms with van der Waals surface area (Å²) in [7, 11) is 0. The Morgan fingerprint density at radius 3 is 2.05 bits per heavy atom. The minimum Gasteiger partial charge on any atom is -0.479 e. The van der Waals surface area contributed by atoms with Gasteiger partial charge in [-0.3, -0.25) is 0 Å². The molecule has 5 atom stereocenters. The predicted octanol–water partition coefficient (Wildman–Crippen LogP) is 0.467. The molecule has 0 saturated carbocycles. The molecule has 0 amide bonds. The van der Waals surface area contributed by atoms with Gasteiger partial charge >= 0.3 is 5.97 Å². The van der Waals surface area contributed by atoms with Crippen molar-refractivity contribution in [3.05, 3.63) is 0 Å². The van der Waals surface area contributed by atoms with E-state index in [1.807, 2.05) is 0 Å². The second-order valence-corrected chi connectivity index (χ2v) is 5.93. The average Bonchev–Trinajstić information content (AvgIpc) is 2.70. The van der Waals surface area contributed by atoms with Crippen molar-refractivity contribution >= 4 is 5.97 Å². The molecule has 108 valence electrons. The van der Waals surface area contributed by atoms with Crippen LogP contribution in [-0.2, 0) is 28.5 Å². The summed E-state index contributed by atoms with van der Waals surface area (Å²) in [6.07, 6.45) is -3.58. The van der Waals surface area contributed by atoms with E-state index in [-0.39, 0.29) is 0 Å². The maximum Gasteiger partial charge on any atom is 0.335 e. The summed E-state index contributed by atoms with van der Waals surface area (Å²) in [6, 6.07) is 0. The molecular weight excluding hydrogens is 256 g/mol. The van der Waals surface area contributed by atoms with Gasteiger partial charge in [0.1, 0.15) is 18.3 Å². The molecule has 3 aliphatic rings. The predicted molar refractivity (Wildman–Crippen MR) is 60.2 cm³/mol. The van der Waals surface area contributed by atoms with E-state index in [9.17, 15) is 9.90 Å². The highest BCUT2D eigenvalue weighted by atomic mass is 16.9. The molecule has 0 aliphatic carbocycles. The Morgan fingerprint density at radius 1 is 0.895 bits per heavy atom. The molecule has 0 aromatic carbocycles. The maximum absolute atomic E-state index is 11.3. The molecule has 7 nitrogen and oxygen atoms in total. The van der Waals surface area contributed by atoms with E-state index in [4.69, 9.17) is 23.7 Å². The van der Waals surface area contributed by atoms with E-state index in [2.05, 4.69) is 0 Å². The molecule has 1 N–H and O–H groups in total. The first-order chi connectivity index (χ1) is 8.69. The highest BCUT2D eigenvalue weighted by molar-refractivity contribution is 5.73. The summed E-state index contributed by atoms with van der Waals surface area (Å²) >= 11 is 0. The topological polar surface area (TPSA) is 83.5 Å². The van der Waals surface area contributed by atoms with Crippen molar-refractivity contribution in [2.75, 3.05) is 0 Å². The monoisotopic (exact) mass is 274 g/mol. The van der Waals surface area contributed by atoms with Crippen LogP contribution in [-0.4, -0.2) is 53.4 Å². The largest absolute Gasteiger partial charge is 0.479 e. The van der Waals surface area contributed by atoms with Crippen LogP contribution in [0.3, 0.4) is 0 Å².